The standard InChI is InChI=1S/C12H18O4/c1-4-5-9(13)8-6-10(15-2)12(14)11(7-8)16-3/h6-7,9,13-14H,4-5H2,1-3H3. The van der Waals surface area contributed by atoms with Gasteiger partial charge in [0.25, 0.3) is 0 Å². The van der Waals surface area contributed by atoms with Crippen molar-refractivity contribution in [1.29, 1.82) is 0 Å². The number of aromatic hydroxyl groups is 1. The van der Waals surface area contributed by atoms with E-state index in [1.807, 2.05) is 6.92 Å². The summed E-state index contributed by atoms with van der Waals surface area (Å²) in [7, 11) is 2.93. The Labute approximate surface area is 95.4 Å². The smallest absolute Gasteiger partial charge is 0.200 e. The molecular formula is C12H18O4. The van der Waals surface area contributed by atoms with Crippen LogP contribution in [0.2, 0.25) is 0 Å². The Morgan fingerprint density at radius 3 is 2.06 bits per heavy atom. The van der Waals surface area contributed by atoms with Gasteiger partial charge in [0.05, 0.1) is 20.3 Å². The molecule has 1 rings (SSSR count). The van der Waals surface area contributed by atoms with E-state index in [0.717, 1.165) is 6.42 Å². The molecule has 0 aliphatic heterocycles. The molecule has 0 bridgehead atoms. The molecule has 1 aromatic rings. The fraction of sp³-hybridized carbons (Fsp3) is 0.500. The molecule has 0 aliphatic rings. The van der Waals surface area contributed by atoms with Crippen LogP contribution in [0.1, 0.15) is 31.4 Å². The Bertz CT molecular complexity index is 324. The normalized spacial score (nSPS) is 12.2. The number of methoxy groups -OCH3 is 2. The van der Waals surface area contributed by atoms with Gasteiger partial charge in [0.1, 0.15) is 0 Å². The molecular weight excluding hydrogens is 208 g/mol. The lowest BCUT2D eigenvalue weighted by Crippen LogP contribution is -1.99. The Kier molecular flexibility index (Phi) is 4.43. The van der Waals surface area contributed by atoms with E-state index in [0.29, 0.717) is 23.5 Å². The molecule has 90 valence electrons. The quantitative estimate of drug-likeness (QED) is 0.808. The second-order valence-electron chi connectivity index (χ2n) is 3.58. The number of phenols is 1. The van der Waals surface area contributed by atoms with Crippen molar-refractivity contribution in [3.63, 3.8) is 0 Å². The highest BCUT2D eigenvalue weighted by atomic mass is 16.5. The van der Waals surface area contributed by atoms with Gasteiger partial charge >= 0.3 is 0 Å². The fourth-order valence-electron chi connectivity index (χ4n) is 1.55. The molecule has 4 heteroatoms. The number of hydrogen-bond donors (Lipinski definition) is 2. The number of ether oxygens (including phenoxy) is 2. The largest absolute Gasteiger partial charge is 0.502 e. The average Bonchev–Trinajstić information content (AvgIpc) is 2.29. The number of aliphatic hydroxyl groups is 1. The number of hydrogen-bond acceptors (Lipinski definition) is 4. The predicted octanol–water partition coefficient (Wildman–Crippen LogP) is 2.24. The molecule has 0 aromatic heterocycles. The van der Waals surface area contributed by atoms with Crippen LogP contribution < -0.4 is 9.47 Å². The molecule has 2 N–H and O–H groups in total. The summed E-state index contributed by atoms with van der Waals surface area (Å²) in [6, 6.07) is 3.25. The van der Waals surface area contributed by atoms with Crippen LogP contribution in [0.15, 0.2) is 12.1 Å². The third-order valence-electron chi connectivity index (χ3n) is 2.45. The molecule has 0 saturated carbocycles. The van der Waals surface area contributed by atoms with Gasteiger partial charge in [0, 0.05) is 0 Å². The molecule has 0 heterocycles. The van der Waals surface area contributed by atoms with E-state index in [9.17, 15) is 10.2 Å². The topological polar surface area (TPSA) is 58.9 Å². The predicted molar refractivity (Wildman–Crippen MR) is 61.1 cm³/mol. The Hall–Kier alpha value is -1.42. The third kappa shape index (κ3) is 2.58. The molecule has 0 saturated heterocycles. The fourth-order valence-corrected chi connectivity index (χ4v) is 1.55. The lowest BCUT2D eigenvalue weighted by Gasteiger charge is -2.14. The van der Waals surface area contributed by atoms with Crippen molar-refractivity contribution in [3.8, 4) is 17.2 Å². The zero-order valence-corrected chi connectivity index (χ0v) is 9.86. The Balaban J connectivity index is 3.11. The highest BCUT2D eigenvalue weighted by Crippen LogP contribution is 2.39. The zero-order chi connectivity index (χ0) is 12.1. The van der Waals surface area contributed by atoms with Crippen LogP contribution in [0, 0.1) is 0 Å². The van der Waals surface area contributed by atoms with E-state index >= 15 is 0 Å². The van der Waals surface area contributed by atoms with Crippen LogP contribution in [0.4, 0.5) is 0 Å². The van der Waals surface area contributed by atoms with Crippen molar-refractivity contribution in [2.45, 2.75) is 25.9 Å². The van der Waals surface area contributed by atoms with E-state index in [-0.39, 0.29) is 5.75 Å². The molecule has 0 spiro atoms. The first-order valence-corrected chi connectivity index (χ1v) is 5.27. The first-order chi connectivity index (χ1) is 7.63. The van der Waals surface area contributed by atoms with E-state index < -0.39 is 6.10 Å². The van der Waals surface area contributed by atoms with Gasteiger partial charge in [-0.3, -0.25) is 0 Å². The summed E-state index contributed by atoms with van der Waals surface area (Å²) in [4.78, 5) is 0. The first-order valence-electron chi connectivity index (χ1n) is 5.27. The van der Waals surface area contributed by atoms with Crippen molar-refractivity contribution in [2.24, 2.45) is 0 Å². The summed E-state index contributed by atoms with van der Waals surface area (Å²) in [5, 5.41) is 19.6. The minimum Gasteiger partial charge on any atom is -0.502 e. The average molecular weight is 226 g/mol. The zero-order valence-electron chi connectivity index (χ0n) is 9.86. The van der Waals surface area contributed by atoms with Gasteiger partial charge in [-0.1, -0.05) is 13.3 Å². The van der Waals surface area contributed by atoms with Crippen LogP contribution >= 0.6 is 0 Å². The van der Waals surface area contributed by atoms with Gasteiger partial charge in [-0.15, -0.1) is 0 Å². The lowest BCUT2D eigenvalue weighted by molar-refractivity contribution is 0.165. The second kappa shape index (κ2) is 5.61. The molecule has 4 nitrogen and oxygen atoms in total. The maximum atomic E-state index is 9.86. The number of benzene rings is 1. The van der Waals surface area contributed by atoms with Gasteiger partial charge in [-0.25, -0.2) is 0 Å². The monoisotopic (exact) mass is 226 g/mol. The SMILES string of the molecule is CCCC(O)c1cc(OC)c(O)c(OC)c1. The van der Waals surface area contributed by atoms with Gasteiger partial charge in [0.15, 0.2) is 11.5 Å². The summed E-state index contributed by atoms with van der Waals surface area (Å²) in [6.07, 6.45) is 0.984. The Morgan fingerprint density at radius 2 is 1.69 bits per heavy atom. The number of aliphatic hydroxyl groups excluding tert-OH is 1. The molecule has 1 aromatic carbocycles. The minimum atomic E-state index is -0.562. The third-order valence-corrected chi connectivity index (χ3v) is 2.45. The molecule has 1 atom stereocenters. The molecule has 0 amide bonds. The van der Waals surface area contributed by atoms with Gasteiger partial charge in [-0.2, -0.15) is 0 Å². The summed E-state index contributed by atoms with van der Waals surface area (Å²) >= 11 is 0. The van der Waals surface area contributed by atoms with E-state index in [4.69, 9.17) is 9.47 Å². The molecule has 16 heavy (non-hydrogen) atoms. The van der Waals surface area contributed by atoms with Gasteiger partial charge in [0.2, 0.25) is 5.75 Å². The molecule has 0 radical (unpaired) electrons. The highest BCUT2D eigenvalue weighted by molar-refractivity contribution is 5.53. The van der Waals surface area contributed by atoms with Crippen LogP contribution in [0.5, 0.6) is 17.2 Å². The minimum absolute atomic E-state index is 0.0440. The lowest BCUT2D eigenvalue weighted by atomic mass is 10.0. The van der Waals surface area contributed by atoms with Crippen LogP contribution in [-0.4, -0.2) is 24.4 Å². The van der Waals surface area contributed by atoms with Crippen molar-refractivity contribution < 1.29 is 19.7 Å². The molecule has 1 unspecified atom stereocenters. The second-order valence-corrected chi connectivity index (χ2v) is 3.58. The summed E-state index contributed by atoms with van der Waals surface area (Å²) in [5.41, 5.74) is 0.688. The van der Waals surface area contributed by atoms with E-state index in [1.54, 1.807) is 12.1 Å². The highest BCUT2D eigenvalue weighted by Gasteiger charge is 2.15. The van der Waals surface area contributed by atoms with Gasteiger partial charge in [-0.05, 0) is 24.1 Å². The van der Waals surface area contributed by atoms with E-state index in [1.165, 1.54) is 14.2 Å². The van der Waals surface area contributed by atoms with Crippen molar-refractivity contribution in [1.82, 2.24) is 0 Å². The van der Waals surface area contributed by atoms with Crippen LogP contribution in [-0.2, 0) is 0 Å². The van der Waals surface area contributed by atoms with Crippen LogP contribution in [0.25, 0.3) is 0 Å². The van der Waals surface area contributed by atoms with Crippen molar-refractivity contribution in [2.75, 3.05) is 14.2 Å². The number of rotatable bonds is 5. The van der Waals surface area contributed by atoms with Crippen LogP contribution in [0.3, 0.4) is 0 Å². The summed E-state index contributed by atoms with van der Waals surface area (Å²) in [5.74, 6) is 0.575. The first kappa shape index (κ1) is 12.6. The maximum Gasteiger partial charge on any atom is 0.200 e. The summed E-state index contributed by atoms with van der Waals surface area (Å²) < 4.78 is 10.0. The Morgan fingerprint density at radius 1 is 1.19 bits per heavy atom. The van der Waals surface area contributed by atoms with Crippen molar-refractivity contribution in [3.05, 3.63) is 17.7 Å². The van der Waals surface area contributed by atoms with E-state index in [2.05, 4.69) is 0 Å². The van der Waals surface area contributed by atoms with Crippen molar-refractivity contribution >= 4 is 0 Å². The molecule has 0 aliphatic carbocycles. The summed E-state index contributed by atoms with van der Waals surface area (Å²) in [6.45, 7) is 2.00. The number of phenolic OH excluding ortho intramolecular Hbond substituents is 1. The molecule has 0 fully saturated rings. The maximum absolute atomic E-state index is 9.86. The van der Waals surface area contributed by atoms with Gasteiger partial charge < -0.3 is 19.7 Å².